The summed E-state index contributed by atoms with van der Waals surface area (Å²) >= 11 is 1.49. The van der Waals surface area contributed by atoms with Gasteiger partial charge in [0.15, 0.2) is 11.0 Å². The molecule has 1 N–H and O–H groups in total. The van der Waals surface area contributed by atoms with Crippen LogP contribution in [0.3, 0.4) is 0 Å². The van der Waals surface area contributed by atoms with Crippen LogP contribution in [-0.2, 0) is 17.8 Å². The fourth-order valence-corrected chi connectivity index (χ4v) is 5.05. The number of fused-ring (bicyclic) bond motifs is 1. The lowest BCUT2D eigenvalue weighted by atomic mass is 10.2. The number of carbonyl (C=O) groups excluding carboxylic acids is 1. The summed E-state index contributed by atoms with van der Waals surface area (Å²) in [5.41, 5.74) is 3.49. The van der Waals surface area contributed by atoms with Gasteiger partial charge in [0.2, 0.25) is 5.91 Å². The molecule has 0 radical (unpaired) electrons. The topological polar surface area (TPSA) is 55.5 Å². The summed E-state index contributed by atoms with van der Waals surface area (Å²) in [4.78, 5) is 16.2. The maximum atomic E-state index is 13.0. The summed E-state index contributed by atoms with van der Waals surface area (Å²) in [7, 11) is 4.30. The van der Waals surface area contributed by atoms with E-state index in [0.29, 0.717) is 12.3 Å². The summed E-state index contributed by atoms with van der Waals surface area (Å²) in [5, 5.41) is 9.87. The quantitative estimate of drug-likeness (QED) is 0.552. The average molecular weight is 437 g/mol. The fraction of sp³-hybridized carbons (Fsp3) is 0.375. The number of rotatable bonds is 8. The predicted molar refractivity (Wildman–Crippen MR) is 125 cm³/mol. The van der Waals surface area contributed by atoms with Gasteiger partial charge in [-0.1, -0.05) is 67.2 Å². The Morgan fingerprint density at radius 3 is 2.58 bits per heavy atom. The van der Waals surface area contributed by atoms with E-state index in [1.807, 2.05) is 29.2 Å². The van der Waals surface area contributed by atoms with Crippen molar-refractivity contribution in [1.29, 1.82) is 0 Å². The predicted octanol–water partition coefficient (Wildman–Crippen LogP) is 2.60. The van der Waals surface area contributed by atoms with Gasteiger partial charge in [0, 0.05) is 18.7 Å². The second kappa shape index (κ2) is 9.66. The van der Waals surface area contributed by atoms with Crippen LogP contribution < -0.4 is 9.80 Å². The minimum atomic E-state index is 0.121. The van der Waals surface area contributed by atoms with Gasteiger partial charge < -0.3 is 9.80 Å². The van der Waals surface area contributed by atoms with Crippen LogP contribution in [0.1, 0.15) is 36.3 Å². The van der Waals surface area contributed by atoms with E-state index >= 15 is 0 Å². The molecule has 1 amide bonds. The molecule has 0 saturated carbocycles. The molecule has 1 aliphatic heterocycles. The summed E-state index contributed by atoms with van der Waals surface area (Å²) in [6, 6.07) is 18.8. The summed E-state index contributed by atoms with van der Waals surface area (Å²) in [6.07, 6.45) is 1.90. The van der Waals surface area contributed by atoms with Gasteiger partial charge in [-0.3, -0.25) is 9.36 Å². The van der Waals surface area contributed by atoms with Crippen molar-refractivity contribution in [3.8, 4) is 0 Å². The van der Waals surface area contributed by atoms with Gasteiger partial charge in [0.1, 0.15) is 6.04 Å². The number of quaternary nitrogens is 1. The highest BCUT2D eigenvalue weighted by Gasteiger charge is 2.27. The number of hydrogen-bond donors (Lipinski definition) is 1. The molecular weight excluding hydrogens is 406 g/mol. The van der Waals surface area contributed by atoms with Gasteiger partial charge in [-0.15, -0.1) is 10.2 Å². The van der Waals surface area contributed by atoms with Gasteiger partial charge in [0.25, 0.3) is 0 Å². The number of para-hydroxylation sites is 1. The molecule has 0 unspecified atom stereocenters. The van der Waals surface area contributed by atoms with E-state index in [0.717, 1.165) is 36.1 Å². The number of hydrogen-bond acceptors (Lipinski definition) is 4. The molecule has 4 rings (SSSR count). The van der Waals surface area contributed by atoms with Crippen LogP contribution in [0, 0.1) is 0 Å². The number of anilines is 1. The van der Waals surface area contributed by atoms with E-state index in [-0.39, 0.29) is 11.9 Å². The first-order valence-electron chi connectivity index (χ1n) is 10.9. The van der Waals surface area contributed by atoms with Crippen molar-refractivity contribution >= 4 is 23.4 Å². The molecule has 2 heterocycles. The normalized spacial score (nSPS) is 14.1. The maximum Gasteiger partial charge on any atom is 0.237 e. The largest absolute Gasteiger partial charge is 0.331 e. The average Bonchev–Trinajstić information content (AvgIpc) is 3.38. The molecule has 0 fully saturated rings. The van der Waals surface area contributed by atoms with E-state index in [1.54, 1.807) is 0 Å². The molecule has 1 atom stereocenters. The van der Waals surface area contributed by atoms with Crippen molar-refractivity contribution in [3.05, 3.63) is 71.5 Å². The minimum Gasteiger partial charge on any atom is -0.331 e. The number of nitrogens with zero attached hydrogens (tertiary/aromatic N) is 4. The van der Waals surface area contributed by atoms with E-state index < -0.39 is 0 Å². The molecule has 7 heteroatoms. The Labute approximate surface area is 188 Å². The first kappa shape index (κ1) is 21.6. The lowest BCUT2D eigenvalue weighted by molar-refractivity contribution is -0.893. The van der Waals surface area contributed by atoms with Crippen molar-refractivity contribution in [1.82, 2.24) is 14.8 Å². The van der Waals surface area contributed by atoms with Crippen molar-refractivity contribution < 1.29 is 9.69 Å². The number of thioether (sulfide) groups is 1. The van der Waals surface area contributed by atoms with Crippen LogP contribution in [0.15, 0.2) is 59.8 Å². The number of amides is 1. The van der Waals surface area contributed by atoms with E-state index in [1.165, 1.54) is 27.8 Å². The van der Waals surface area contributed by atoms with Gasteiger partial charge >= 0.3 is 0 Å². The molecule has 31 heavy (non-hydrogen) atoms. The molecule has 1 aliphatic rings. The van der Waals surface area contributed by atoms with E-state index in [4.69, 9.17) is 0 Å². The Bertz CT molecular complexity index is 1030. The molecule has 2 aromatic carbocycles. The van der Waals surface area contributed by atoms with Gasteiger partial charge in [0.05, 0.1) is 26.4 Å². The van der Waals surface area contributed by atoms with Crippen LogP contribution in [-0.4, -0.2) is 47.1 Å². The fourth-order valence-electron chi connectivity index (χ4n) is 4.23. The highest BCUT2D eigenvalue weighted by molar-refractivity contribution is 7.99. The second-order valence-corrected chi connectivity index (χ2v) is 9.11. The highest BCUT2D eigenvalue weighted by atomic mass is 32.2. The minimum absolute atomic E-state index is 0.121. The monoisotopic (exact) mass is 436 g/mol. The Balaban J connectivity index is 1.55. The van der Waals surface area contributed by atoms with Crippen LogP contribution in [0.4, 0.5) is 5.69 Å². The summed E-state index contributed by atoms with van der Waals surface area (Å²) < 4.78 is 2.19. The smallest absolute Gasteiger partial charge is 0.237 e. The van der Waals surface area contributed by atoms with Crippen molar-refractivity contribution in [2.45, 2.75) is 37.5 Å². The lowest BCUT2D eigenvalue weighted by Crippen LogP contribution is -3.06. The van der Waals surface area contributed by atoms with E-state index in [9.17, 15) is 4.79 Å². The third kappa shape index (κ3) is 4.67. The zero-order valence-electron chi connectivity index (χ0n) is 18.4. The van der Waals surface area contributed by atoms with Crippen molar-refractivity contribution in [3.63, 3.8) is 0 Å². The van der Waals surface area contributed by atoms with Crippen LogP contribution in [0.2, 0.25) is 0 Å². The Morgan fingerprint density at radius 2 is 1.84 bits per heavy atom. The third-order valence-electron chi connectivity index (χ3n) is 5.86. The van der Waals surface area contributed by atoms with Gasteiger partial charge in [-0.25, -0.2) is 0 Å². The van der Waals surface area contributed by atoms with Crippen molar-refractivity contribution in [2.75, 3.05) is 31.3 Å². The molecule has 0 saturated heterocycles. The highest BCUT2D eigenvalue weighted by Crippen LogP contribution is 2.29. The number of aromatic nitrogens is 3. The standard InChI is InChI=1S/C24H29N5OS/c1-4-20(27(2)3)23-25-26-24(29(23)16-18-10-6-5-7-11-18)31-17-22(30)28-15-14-19-12-8-9-13-21(19)28/h5-13,20H,4,14-17H2,1-3H3/p+1/t20-/m0/s1. The van der Waals surface area contributed by atoms with Crippen LogP contribution in [0.25, 0.3) is 0 Å². The maximum absolute atomic E-state index is 13.0. The molecule has 0 bridgehead atoms. The zero-order chi connectivity index (χ0) is 21.8. The molecule has 0 aliphatic carbocycles. The summed E-state index contributed by atoms with van der Waals surface area (Å²) in [5.74, 6) is 1.45. The molecule has 1 aromatic heterocycles. The Morgan fingerprint density at radius 1 is 1.10 bits per heavy atom. The molecule has 0 spiro atoms. The number of benzene rings is 2. The zero-order valence-corrected chi connectivity index (χ0v) is 19.2. The first-order valence-corrected chi connectivity index (χ1v) is 11.8. The molecule has 6 nitrogen and oxygen atoms in total. The molecular formula is C24H30N5OS+. The van der Waals surface area contributed by atoms with Crippen LogP contribution in [0.5, 0.6) is 0 Å². The van der Waals surface area contributed by atoms with Crippen LogP contribution >= 0.6 is 11.8 Å². The number of carbonyl (C=O) groups is 1. The third-order valence-corrected chi connectivity index (χ3v) is 6.81. The number of nitrogens with one attached hydrogen (secondary N) is 1. The summed E-state index contributed by atoms with van der Waals surface area (Å²) in [6.45, 7) is 3.64. The molecule has 162 valence electrons. The SMILES string of the molecule is CC[C@@H](c1nnc(SCC(=O)N2CCc3ccccc32)n1Cc1ccccc1)[NH+](C)C. The second-order valence-electron chi connectivity index (χ2n) is 8.16. The van der Waals surface area contributed by atoms with Gasteiger partial charge in [-0.05, 0) is 23.6 Å². The van der Waals surface area contributed by atoms with E-state index in [2.05, 4.69) is 66.1 Å². The van der Waals surface area contributed by atoms with Gasteiger partial charge in [-0.2, -0.15) is 0 Å². The first-order chi connectivity index (χ1) is 15.1. The lowest BCUT2D eigenvalue weighted by Gasteiger charge is -2.21. The molecule has 3 aromatic rings. The van der Waals surface area contributed by atoms with Crippen molar-refractivity contribution in [2.24, 2.45) is 0 Å². The Kier molecular flexibility index (Phi) is 6.73. The Hall–Kier alpha value is -2.64.